The SMILES string of the molecule is CCC(=O)Nc1cc2onc(C(=O)Nc3ccc(C#N)cc3C(=O)O)c2cc1-c1ccc(N(C)C(=O)OC)cc1. The van der Waals surface area contributed by atoms with Crippen molar-refractivity contribution in [2.75, 3.05) is 29.7 Å². The number of nitriles is 1. The van der Waals surface area contributed by atoms with E-state index >= 15 is 0 Å². The van der Waals surface area contributed by atoms with Gasteiger partial charge in [-0.3, -0.25) is 14.5 Å². The van der Waals surface area contributed by atoms with Crippen LogP contribution in [0.3, 0.4) is 0 Å². The standard InChI is InChI=1S/C28H23N5O7/c1-4-24(34)30-22-13-23-20(12-18(22)16-6-8-17(9-7-16)33(2)28(38)39-3)25(32-40-23)26(35)31-21-10-5-15(14-29)11-19(21)27(36)37/h5-13H,4H2,1-3H3,(H,30,34)(H,31,35)(H,36,37). The summed E-state index contributed by atoms with van der Waals surface area (Å²) in [6, 6.07) is 15.7. The fraction of sp³-hybridized carbons (Fsp3) is 0.143. The lowest BCUT2D eigenvalue weighted by atomic mass is 10.00. The van der Waals surface area contributed by atoms with E-state index < -0.39 is 18.0 Å². The number of nitrogens with one attached hydrogen (secondary N) is 2. The largest absolute Gasteiger partial charge is 0.478 e. The summed E-state index contributed by atoms with van der Waals surface area (Å²) in [5.74, 6) is -2.31. The highest BCUT2D eigenvalue weighted by atomic mass is 16.5. The normalized spacial score (nSPS) is 10.4. The minimum absolute atomic E-state index is 0.0231. The Labute approximate surface area is 227 Å². The molecule has 0 saturated heterocycles. The average molecular weight is 542 g/mol. The number of methoxy groups -OCH3 is 1. The van der Waals surface area contributed by atoms with Crippen LogP contribution in [0.1, 0.15) is 39.8 Å². The first-order chi connectivity index (χ1) is 19.2. The molecule has 3 N–H and O–H groups in total. The number of fused-ring (bicyclic) bond motifs is 1. The van der Waals surface area contributed by atoms with Crippen LogP contribution in [0.4, 0.5) is 21.9 Å². The number of carbonyl (C=O) groups is 4. The minimum atomic E-state index is -1.32. The quantitative estimate of drug-likeness (QED) is 0.295. The van der Waals surface area contributed by atoms with Crippen molar-refractivity contribution in [3.05, 3.63) is 71.4 Å². The number of carbonyl (C=O) groups excluding carboxylic acids is 3. The van der Waals surface area contributed by atoms with Crippen LogP contribution in [0.5, 0.6) is 0 Å². The predicted octanol–water partition coefficient (Wildman–Crippen LogP) is 4.87. The maximum absolute atomic E-state index is 13.2. The number of nitrogens with zero attached hydrogens (tertiary/aromatic N) is 3. The molecule has 0 aliphatic carbocycles. The first-order valence-corrected chi connectivity index (χ1v) is 11.9. The van der Waals surface area contributed by atoms with Crippen LogP contribution in [0.2, 0.25) is 0 Å². The molecule has 0 unspecified atom stereocenters. The molecule has 1 heterocycles. The van der Waals surface area contributed by atoms with E-state index in [4.69, 9.17) is 14.5 Å². The van der Waals surface area contributed by atoms with Crippen LogP contribution in [0, 0.1) is 11.3 Å². The van der Waals surface area contributed by atoms with E-state index in [2.05, 4.69) is 15.8 Å². The second-order valence-electron chi connectivity index (χ2n) is 8.53. The van der Waals surface area contributed by atoms with Gasteiger partial charge in [-0.15, -0.1) is 0 Å². The van der Waals surface area contributed by atoms with Crippen LogP contribution >= 0.6 is 0 Å². The Morgan fingerprint density at radius 2 is 1.77 bits per heavy atom. The van der Waals surface area contributed by atoms with E-state index in [0.29, 0.717) is 27.9 Å². The average Bonchev–Trinajstić information content (AvgIpc) is 3.38. The zero-order valence-corrected chi connectivity index (χ0v) is 21.6. The Kier molecular flexibility index (Phi) is 7.76. The molecule has 4 rings (SSSR count). The predicted molar refractivity (Wildman–Crippen MR) is 145 cm³/mol. The molecular weight excluding hydrogens is 518 g/mol. The van der Waals surface area contributed by atoms with Crippen molar-refractivity contribution in [3.63, 3.8) is 0 Å². The monoisotopic (exact) mass is 541 g/mol. The van der Waals surface area contributed by atoms with Crippen LogP contribution in [-0.2, 0) is 9.53 Å². The Balaban J connectivity index is 1.77. The van der Waals surface area contributed by atoms with Crippen molar-refractivity contribution in [2.24, 2.45) is 0 Å². The number of ether oxygens (including phenoxy) is 1. The molecule has 0 radical (unpaired) electrons. The summed E-state index contributed by atoms with van der Waals surface area (Å²) in [6.45, 7) is 1.70. The molecule has 0 fully saturated rings. The summed E-state index contributed by atoms with van der Waals surface area (Å²) in [7, 11) is 2.84. The number of aromatic carboxylic acids is 1. The number of aromatic nitrogens is 1. The molecule has 0 atom stereocenters. The van der Waals surface area contributed by atoms with Crippen molar-refractivity contribution < 1.29 is 33.5 Å². The van der Waals surface area contributed by atoms with E-state index in [-0.39, 0.29) is 40.4 Å². The number of amides is 3. The summed E-state index contributed by atoms with van der Waals surface area (Å²) in [5, 5.41) is 28.1. The Morgan fingerprint density at radius 1 is 1.05 bits per heavy atom. The van der Waals surface area contributed by atoms with Gasteiger partial charge in [-0.1, -0.05) is 24.2 Å². The molecular formula is C28H23N5O7. The first-order valence-electron chi connectivity index (χ1n) is 11.9. The number of benzene rings is 3. The van der Waals surface area contributed by atoms with Crippen LogP contribution in [0.15, 0.2) is 59.1 Å². The van der Waals surface area contributed by atoms with E-state index in [1.165, 1.54) is 24.1 Å². The van der Waals surface area contributed by atoms with Gasteiger partial charge in [-0.05, 0) is 42.0 Å². The van der Waals surface area contributed by atoms with Gasteiger partial charge < -0.3 is 25.0 Å². The molecule has 12 heteroatoms. The topological polar surface area (TPSA) is 175 Å². The highest BCUT2D eigenvalue weighted by molar-refractivity contribution is 6.14. The van der Waals surface area contributed by atoms with Crippen molar-refractivity contribution in [1.29, 1.82) is 5.26 Å². The molecule has 3 amide bonds. The lowest BCUT2D eigenvalue weighted by Gasteiger charge is -2.16. The molecule has 0 aliphatic rings. The number of carboxylic acids is 1. The summed E-state index contributed by atoms with van der Waals surface area (Å²) >= 11 is 0. The third-order valence-corrected chi connectivity index (χ3v) is 6.06. The van der Waals surface area contributed by atoms with Gasteiger partial charge in [0.25, 0.3) is 5.91 Å². The highest BCUT2D eigenvalue weighted by Crippen LogP contribution is 2.35. The fourth-order valence-corrected chi connectivity index (χ4v) is 3.92. The lowest BCUT2D eigenvalue weighted by Crippen LogP contribution is -2.25. The van der Waals surface area contributed by atoms with E-state index in [1.807, 2.05) is 6.07 Å². The molecule has 202 valence electrons. The van der Waals surface area contributed by atoms with Gasteiger partial charge in [-0.2, -0.15) is 5.26 Å². The maximum atomic E-state index is 13.2. The number of hydrogen-bond acceptors (Lipinski definition) is 8. The van der Waals surface area contributed by atoms with Gasteiger partial charge in [0.15, 0.2) is 11.3 Å². The molecule has 0 bridgehead atoms. The molecule has 40 heavy (non-hydrogen) atoms. The zero-order valence-electron chi connectivity index (χ0n) is 21.6. The summed E-state index contributed by atoms with van der Waals surface area (Å²) < 4.78 is 10.1. The Bertz CT molecular complexity index is 1690. The molecule has 0 aliphatic heterocycles. The smallest absolute Gasteiger partial charge is 0.413 e. The summed E-state index contributed by atoms with van der Waals surface area (Å²) in [4.78, 5) is 50.3. The number of rotatable bonds is 7. The molecule has 1 aromatic heterocycles. The van der Waals surface area contributed by atoms with E-state index in [1.54, 1.807) is 50.4 Å². The van der Waals surface area contributed by atoms with Crippen molar-refractivity contribution >= 4 is 51.9 Å². The highest BCUT2D eigenvalue weighted by Gasteiger charge is 2.22. The molecule has 0 saturated carbocycles. The van der Waals surface area contributed by atoms with Gasteiger partial charge in [-0.25, -0.2) is 9.59 Å². The Hall–Kier alpha value is -5.70. The van der Waals surface area contributed by atoms with Gasteiger partial charge in [0.2, 0.25) is 5.91 Å². The maximum Gasteiger partial charge on any atom is 0.413 e. The third kappa shape index (κ3) is 5.44. The minimum Gasteiger partial charge on any atom is -0.478 e. The van der Waals surface area contributed by atoms with Crippen molar-refractivity contribution in [3.8, 4) is 17.2 Å². The van der Waals surface area contributed by atoms with Crippen LogP contribution in [0.25, 0.3) is 22.1 Å². The van der Waals surface area contributed by atoms with E-state index in [9.17, 15) is 24.3 Å². The van der Waals surface area contributed by atoms with Crippen LogP contribution < -0.4 is 15.5 Å². The van der Waals surface area contributed by atoms with Gasteiger partial charge in [0.1, 0.15) is 0 Å². The van der Waals surface area contributed by atoms with Crippen molar-refractivity contribution in [1.82, 2.24) is 5.16 Å². The number of anilines is 3. The molecule has 0 spiro atoms. The van der Waals surface area contributed by atoms with E-state index in [0.717, 1.165) is 6.07 Å². The Morgan fingerprint density at radius 3 is 2.40 bits per heavy atom. The lowest BCUT2D eigenvalue weighted by molar-refractivity contribution is -0.115. The van der Waals surface area contributed by atoms with Gasteiger partial charge >= 0.3 is 12.1 Å². The summed E-state index contributed by atoms with van der Waals surface area (Å²) in [5.41, 5.74) is 2.11. The molecule has 3 aromatic carbocycles. The van der Waals surface area contributed by atoms with Gasteiger partial charge in [0.05, 0.1) is 41.1 Å². The zero-order chi connectivity index (χ0) is 29.0. The molecule has 12 nitrogen and oxygen atoms in total. The molecule has 4 aromatic rings. The summed E-state index contributed by atoms with van der Waals surface area (Å²) in [6.07, 6.45) is -0.320. The second kappa shape index (κ2) is 11.4. The second-order valence-corrected chi connectivity index (χ2v) is 8.53. The van der Waals surface area contributed by atoms with Gasteiger partial charge in [0, 0.05) is 30.8 Å². The fourth-order valence-electron chi connectivity index (χ4n) is 3.92. The third-order valence-electron chi connectivity index (χ3n) is 6.06. The van der Waals surface area contributed by atoms with Crippen LogP contribution in [-0.4, -0.2) is 48.3 Å². The first kappa shape index (κ1) is 27.3. The number of hydrogen-bond donors (Lipinski definition) is 3. The number of carboxylic acid groups (broad SMARTS) is 1. The van der Waals surface area contributed by atoms with Crippen molar-refractivity contribution in [2.45, 2.75) is 13.3 Å².